The fraction of sp³-hybridized carbons (Fsp3) is 0.174. The molecular weight excluding hydrogens is 401 g/mol. The van der Waals surface area contributed by atoms with Crippen LogP contribution in [0.15, 0.2) is 63.8 Å². The number of nitrogens with one attached hydrogen (secondary N) is 1. The largest absolute Gasteiger partial charge is 0.484 e. The highest BCUT2D eigenvalue weighted by atomic mass is 19.1. The number of hydrogen-bond donors (Lipinski definition) is 1. The molecule has 0 saturated carbocycles. The number of fused-ring (bicyclic) bond motifs is 1. The molecule has 0 aliphatic heterocycles. The molecule has 0 spiro atoms. The Balaban J connectivity index is 1.48. The molecule has 0 fully saturated rings. The van der Waals surface area contributed by atoms with Gasteiger partial charge in [-0.1, -0.05) is 6.92 Å². The zero-order valence-corrected chi connectivity index (χ0v) is 17.0. The summed E-state index contributed by atoms with van der Waals surface area (Å²) in [5, 5.41) is 7.92. The summed E-state index contributed by atoms with van der Waals surface area (Å²) >= 11 is 0. The van der Waals surface area contributed by atoms with Crippen LogP contribution in [-0.4, -0.2) is 22.3 Å². The number of benzene rings is 2. The van der Waals surface area contributed by atoms with E-state index in [1.807, 2.05) is 6.92 Å². The summed E-state index contributed by atoms with van der Waals surface area (Å²) in [4.78, 5) is 24.2. The van der Waals surface area contributed by atoms with Crippen LogP contribution in [0.1, 0.15) is 18.2 Å². The second-order valence-electron chi connectivity index (χ2n) is 7.00. The van der Waals surface area contributed by atoms with Crippen molar-refractivity contribution in [2.75, 3.05) is 11.9 Å². The van der Waals surface area contributed by atoms with Crippen LogP contribution in [0.3, 0.4) is 0 Å². The molecule has 2 aromatic heterocycles. The first-order valence-electron chi connectivity index (χ1n) is 9.75. The van der Waals surface area contributed by atoms with Crippen LogP contribution < -0.4 is 15.7 Å². The summed E-state index contributed by atoms with van der Waals surface area (Å²) in [6.45, 7) is 3.50. The highest BCUT2D eigenvalue weighted by Crippen LogP contribution is 2.23. The molecule has 4 rings (SSSR count). The summed E-state index contributed by atoms with van der Waals surface area (Å²) in [5.41, 5.74) is 2.18. The van der Waals surface area contributed by atoms with E-state index in [1.165, 1.54) is 22.9 Å². The lowest BCUT2D eigenvalue weighted by atomic mass is 10.1. The van der Waals surface area contributed by atoms with Gasteiger partial charge in [-0.05, 0) is 55.3 Å². The van der Waals surface area contributed by atoms with Gasteiger partial charge in [-0.25, -0.2) is 13.9 Å². The Morgan fingerprint density at radius 2 is 1.94 bits per heavy atom. The SMILES string of the molecule is CCc1cc(=O)oc2cc(OCC(=O)Nc3cc(C)nn3-c3ccc(F)cc3)ccc12. The van der Waals surface area contributed by atoms with Crippen molar-refractivity contribution in [1.29, 1.82) is 0 Å². The number of anilines is 1. The number of carbonyl (C=O) groups excluding carboxylic acids is 1. The van der Waals surface area contributed by atoms with Gasteiger partial charge in [0.15, 0.2) is 6.61 Å². The number of halogens is 1. The molecular formula is C23H20FN3O4. The lowest BCUT2D eigenvalue weighted by Crippen LogP contribution is -2.21. The van der Waals surface area contributed by atoms with Gasteiger partial charge in [-0.3, -0.25) is 4.79 Å². The van der Waals surface area contributed by atoms with E-state index in [2.05, 4.69) is 10.4 Å². The number of ether oxygens (including phenoxy) is 1. The maximum atomic E-state index is 13.2. The van der Waals surface area contributed by atoms with E-state index in [-0.39, 0.29) is 12.4 Å². The van der Waals surface area contributed by atoms with Gasteiger partial charge < -0.3 is 14.5 Å². The van der Waals surface area contributed by atoms with Crippen LogP contribution >= 0.6 is 0 Å². The average molecular weight is 421 g/mol. The molecule has 0 aliphatic rings. The molecule has 0 aliphatic carbocycles. The number of nitrogens with zero attached hydrogens (tertiary/aromatic N) is 2. The van der Waals surface area contributed by atoms with Crippen molar-refractivity contribution < 1.29 is 18.3 Å². The van der Waals surface area contributed by atoms with E-state index in [1.54, 1.807) is 43.3 Å². The molecule has 158 valence electrons. The number of carbonyl (C=O) groups is 1. The molecule has 0 bridgehead atoms. The van der Waals surface area contributed by atoms with Crippen LogP contribution in [0.5, 0.6) is 5.75 Å². The first kappa shape index (κ1) is 20.3. The number of aryl methyl sites for hydroxylation is 2. The number of amides is 1. The third kappa shape index (κ3) is 4.48. The van der Waals surface area contributed by atoms with Crippen LogP contribution in [0.25, 0.3) is 16.7 Å². The van der Waals surface area contributed by atoms with E-state index in [9.17, 15) is 14.0 Å². The van der Waals surface area contributed by atoms with Crippen molar-refractivity contribution in [2.45, 2.75) is 20.3 Å². The van der Waals surface area contributed by atoms with Gasteiger partial charge in [0.2, 0.25) is 0 Å². The highest BCUT2D eigenvalue weighted by molar-refractivity contribution is 5.91. The summed E-state index contributed by atoms with van der Waals surface area (Å²) in [6.07, 6.45) is 0.700. The molecule has 31 heavy (non-hydrogen) atoms. The van der Waals surface area contributed by atoms with Crippen LogP contribution in [0.4, 0.5) is 10.2 Å². The third-order valence-electron chi connectivity index (χ3n) is 4.72. The third-order valence-corrected chi connectivity index (χ3v) is 4.72. The molecule has 1 amide bonds. The normalized spacial score (nSPS) is 10.9. The van der Waals surface area contributed by atoms with Crippen molar-refractivity contribution in [1.82, 2.24) is 9.78 Å². The molecule has 4 aromatic rings. The van der Waals surface area contributed by atoms with E-state index in [0.29, 0.717) is 35.0 Å². The Morgan fingerprint density at radius 1 is 1.16 bits per heavy atom. The molecule has 0 atom stereocenters. The van der Waals surface area contributed by atoms with Gasteiger partial charge in [0, 0.05) is 23.6 Å². The van der Waals surface area contributed by atoms with Gasteiger partial charge in [0.25, 0.3) is 5.91 Å². The van der Waals surface area contributed by atoms with E-state index >= 15 is 0 Å². The Kier molecular flexibility index (Phi) is 5.53. The number of rotatable bonds is 6. The quantitative estimate of drug-likeness (QED) is 0.476. The van der Waals surface area contributed by atoms with Gasteiger partial charge in [0.05, 0.1) is 11.4 Å². The Morgan fingerprint density at radius 3 is 2.68 bits per heavy atom. The Hall–Kier alpha value is -3.94. The Labute approximate surface area is 177 Å². The lowest BCUT2D eigenvalue weighted by molar-refractivity contribution is -0.118. The van der Waals surface area contributed by atoms with Crippen molar-refractivity contribution in [3.63, 3.8) is 0 Å². The minimum atomic E-state index is -0.427. The number of aromatic nitrogens is 2. The predicted octanol–water partition coefficient (Wildman–Crippen LogP) is 4.01. The van der Waals surface area contributed by atoms with Crippen molar-refractivity contribution in [2.24, 2.45) is 0 Å². The molecule has 2 heterocycles. The maximum Gasteiger partial charge on any atom is 0.336 e. The lowest BCUT2D eigenvalue weighted by Gasteiger charge is -2.10. The van der Waals surface area contributed by atoms with Crippen LogP contribution in [-0.2, 0) is 11.2 Å². The minimum Gasteiger partial charge on any atom is -0.484 e. The fourth-order valence-corrected chi connectivity index (χ4v) is 3.29. The topological polar surface area (TPSA) is 86.4 Å². The first-order valence-corrected chi connectivity index (χ1v) is 9.75. The molecule has 1 N–H and O–H groups in total. The smallest absolute Gasteiger partial charge is 0.336 e. The molecule has 2 aromatic carbocycles. The predicted molar refractivity (Wildman–Crippen MR) is 114 cm³/mol. The number of hydrogen-bond acceptors (Lipinski definition) is 5. The summed E-state index contributed by atoms with van der Waals surface area (Å²) in [6, 6.07) is 14.1. The van der Waals surface area contributed by atoms with Crippen molar-refractivity contribution in [3.05, 3.63) is 82.1 Å². The highest BCUT2D eigenvalue weighted by Gasteiger charge is 2.12. The summed E-state index contributed by atoms with van der Waals surface area (Å²) in [7, 11) is 0. The van der Waals surface area contributed by atoms with Gasteiger partial charge in [-0.2, -0.15) is 5.10 Å². The summed E-state index contributed by atoms with van der Waals surface area (Å²) < 4.78 is 25.5. The molecule has 0 unspecified atom stereocenters. The fourth-order valence-electron chi connectivity index (χ4n) is 3.29. The molecule has 0 radical (unpaired) electrons. The van der Waals surface area contributed by atoms with Crippen LogP contribution in [0.2, 0.25) is 0 Å². The molecule has 8 heteroatoms. The minimum absolute atomic E-state index is 0.253. The zero-order chi connectivity index (χ0) is 22.0. The van der Waals surface area contributed by atoms with Crippen molar-refractivity contribution in [3.8, 4) is 11.4 Å². The van der Waals surface area contributed by atoms with Gasteiger partial charge in [0.1, 0.15) is 23.0 Å². The molecule has 7 nitrogen and oxygen atoms in total. The van der Waals surface area contributed by atoms with E-state index in [4.69, 9.17) is 9.15 Å². The molecule has 0 saturated heterocycles. The van der Waals surface area contributed by atoms with Crippen molar-refractivity contribution >= 4 is 22.7 Å². The standard InChI is InChI=1S/C23H20FN3O4/c1-3-15-11-23(29)31-20-12-18(8-9-19(15)20)30-13-22(28)25-21-10-14(2)26-27(21)17-6-4-16(24)5-7-17/h4-12H,3,13H2,1-2H3,(H,25,28). The van der Waals surface area contributed by atoms with E-state index < -0.39 is 11.5 Å². The second kappa shape index (κ2) is 8.43. The average Bonchev–Trinajstić information content (AvgIpc) is 3.11. The van der Waals surface area contributed by atoms with E-state index in [0.717, 1.165) is 10.9 Å². The summed E-state index contributed by atoms with van der Waals surface area (Å²) in [5.74, 6) is 0.0908. The monoisotopic (exact) mass is 421 g/mol. The first-order chi connectivity index (χ1) is 14.9. The second-order valence-corrected chi connectivity index (χ2v) is 7.00. The van der Waals surface area contributed by atoms with Crippen LogP contribution in [0, 0.1) is 12.7 Å². The maximum absolute atomic E-state index is 13.2. The zero-order valence-electron chi connectivity index (χ0n) is 17.0. The van der Waals surface area contributed by atoms with Gasteiger partial charge in [-0.15, -0.1) is 0 Å². The van der Waals surface area contributed by atoms with Gasteiger partial charge >= 0.3 is 5.63 Å². The Bertz CT molecular complexity index is 1310.